The number of rotatable bonds is 4. The first-order chi connectivity index (χ1) is 11.1. The average molecular weight is 350 g/mol. The molecular formula is C18H17ClFNOS. The van der Waals surface area contributed by atoms with Gasteiger partial charge in [-0.25, -0.2) is 4.39 Å². The van der Waals surface area contributed by atoms with Crippen molar-refractivity contribution in [3.63, 3.8) is 0 Å². The topological polar surface area (TPSA) is 35.2 Å². The number of allylic oxidation sites excluding steroid dienone is 1. The quantitative estimate of drug-likeness (QED) is 0.866. The maximum Gasteiger partial charge on any atom is 0.123 e. The molecule has 0 radical (unpaired) electrons. The van der Waals surface area contributed by atoms with Gasteiger partial charge in [0.05, 0.1) is 7.11 Å². The molecule has 2 nitrogen and oxygen atoms in total. The lowest BCUT2D eigenvalue weighted by molar-refractivity contribution is 0.414. The Morgan fingerprint density at radius 1 is 1.22 bits per heavy atom. The first kappa shape index (κ1) is 16.2. The van der Waals surface area contributed by atoms with Crippen molar-refractivity contribution in [2.24, 2.45) is 5.73 Å². The molecule has 0 saturated carbocycles. The molecule has 3 rings (SSSR count). The number of benzene rings is 2. The van der Waals surface area contributed by atoms with Crippen LogP contribution in [-0.2, 0) is 6.42 Å². The molecule has 0 aromatic heterocycles. The fourth-order valence-electron chi connectivity index (χ4n) is 2.83. The smallest absolute Gasteiger partial charge is 0.123 e. The Hall–Kier alpha value is -1.65. The largest absolute Gasteiger partial charge is 0.497 e. The lowest BCUT2D eigenvalue weighted by Gasteiger charge is -2.22. The fourth-order valence-corrected chi connectivity index (χ4v) is 4.29. The Bertz CT molecular complexity index is 732. The summed E-state index contributed by atoms with van der Waals surface area (Å²) in [5.74, 6) is 0.456. The van der Waals surface area contributed by atoms with Crippen LogP contribution < -0.4 is 10.5 Å². The molecule has 0 bridgehead atoms. The molecule has 1 aliphatic rings. The Morgan fingerprint density at radius 2 is 1.96 bits per heavy atom. The van der Waals surface area contributed by atoms with Crippen molar-refractivity contribution in [3.05, 3.63) is 75.5 Å². The fraction of sp³-hybridized carbons (Fsp3) is 0.222. The molecule has 2 unspecified atom stereocenters. The number of halogens is 2. The number of nitrogens with two attached hydrogens (primary N) is 1. The summed E-state index contributed by atoms with van der Waals surface area (Å²) < 4.78 is 18.8. The van der Waals surface area contributed by atoms with Gasteiger partial charge in [-0.2, -0.15) is 0 Å². The van der Waals surface area contributed by atoms with Crippen LogP contribution in [0.2, 0.25) is 5.02 Å². The predicted octanol–water partition coefficient (Wildman–Crippen LogP) is 4.73. The standard InChI is InChI=1S/C18H17ClFNOS/c1-22-13-5-2-11(3-6-13)8-17-18(16(21)10-23-17)14-9-12(20)4-7-15(14)19/h2-7,9-10,17-18H,8,21H2,1H3. The summed E-state index contributed by atoms with van der Waals surface area (Å²) in [6.07, 6.45) is 0.823. The normalized spacial score (nSPS) is 20.4. The summed E-state index contributed by atoms with van der Waals surface area (Å²) in [6, 6.07) is 12.4. The van der Waals surface area contributed by atoms with Crippen molar-refractivity contribution in [2.45, 2.75) is 17.6 Å². The van der Waals surface area contributed by atoms with Crippen molar-refractivity contribution < 1.29 is 9.13 Å². The van der Waals surface area contributed by atoms with E-state index in [0.29, 0.717) is 5.02 Å². The van der Waals surface area contributed by atoms with Crippen LogP contribution in [0, 0.1) is 5.82 Å². The monoisotopic (exact) mass is 349 g/mol. The third-order valence-electron chi connectivity index (χ3n) is 4.00. The summed E-state index contributed by atoms with van der Waals surface area (Å²) in [6.45, 7) is 0. The van der Waals surface area contributed by atoms with E-state index in [-0.39, 0.29) is 17.0 Å². The minimum atomic E-state index is -0.294. The molecule has 0 spiro atoms. The van der Waals surface area contributed by atoms with Gasteiger partial charge in [-0.15, -0.1) is 11.8 Å². The Morgan fingerprint density at radius 3 is 2.65 bits per heavy atom. The highest BCUT2D eigenvalue weighted by atomic mass is 35.5. The van der Waals surface area contributed by atoms with Gasteiger partial charge in [0.25, 0.3) is 0 Å². The second kappa shape index (κ2) is 6.85. The van der Waals surface area contributed by atoms with E-state index >= 15 is 0 Å². The van der Waals surface area contributed by atoms with Crippen LogP contribution in [0.1, 0.15) is 17.0 Å². The first-order valence-corrected chi connectivity index (χ1v) is 8.59. The Labute approximate surface area is 144 Å². The summed E-state index contributed by atoms with van der Waals surface area (Å²) in [5.41, 5.74) is 8.83. The van der Waals surface area contributed by atoms with Gasteiger partial charge in [-0.1, -0.05) is 23.7 Å². The minimum Gasteiger partial charge on any atom is -0.497 e. The van der Waals surface area contributed by atoms with Crippen molar-refractivity contribution in [1.29, 1.82) is 0 Å². The number of hydrogen-bond acceptors (Lipinski definition) is 3. The highest BCUT2D eigenvalue weighted by molar-refractivity contribution is 8.03. The number of hydrogen-bond donors (Lipinski definition) is 1. The van der Waals surface area contributed by atoms with Gasteiger partial charge < -0.3 is 10.5 Å². The van der Waals surface area contributed by atoms with Gasteiger partial charge in [0.1, 0.15) is 11.6 Å². The zero-order valence-corrected chi connectivity index (χ0v) is 14.2. The lowest BCUT2D eigenvalue weighted by Crippen LogP contribution is -2.20. The van der Waals surface area contributed by atoms with Crippen molar-refractivity contribution in [3.8, 4) is 5.75 Å². The minimum absolute atomic E-state index is 0.0784. The van der Waals surface area contributed by atoms with E-state index in [1.165, 1.54) is 17.7 Å². The molecule has 0 aliphatic carbocycles. The van der Waals surface area contributed by atoms with Crippen molar-refractivity contribution in [1.82, 2.24) is 0 Å². The average Bonchev–Trinajstić information content (AvgIpc) is 2.91. The molecule has 0 amide bonds. The van der Waals surface area contributed by atoms with Crippen LogP contribution in [0.3, 0.4) is 0 Å². The molecule has 2 aromatic rings. The summed E-state index contributed by atoms with van der Waals surface area (Å²) in [5, 5.41) is 2.69. The van der Waals surface area contributed by atoms with Gasteiger partial charge in [0, 0.05) is 21.9 Å². The molecule has 1 heterocycles. The van der Waals surface area contributed by atoms with Crippen LogP contribution in [0.5, 0.6) is 5.75 Å². The van der Waals surface area contributed by atoms with E-state index < -0.39 is 0 Å². The highest BCUT2D eigenvalue weighted by Crippen LogP contribution is 2.44. The number of thioether (sulfide) groups is 1. The Balaban J connectivity index is 1.85. The third kappa shape index (κ3) is 3.48. The second-order valence-corrected chi connectivity index (χ2v) is 7.01. The highest BCUT2D eigenvalue weighted by Gasteiger charge is 2.32. The van der Waals surface area contributed by atoms with E-state index in [1.807, 2.05) is 29.7 Å². The maximum atomic E-state index is 13.6. The maximum absolute atomic E-state index is 13.6. The van der Waals surface area contributed by atoms with Crippen LogP contribution in [0.15, 0.2) is 53.6 Å². The molecule has 2 N–H and O–H groups in total. The van der Waals surface area contributed by atoms with Crippen LogP contribution in [0.4, 0.5) is 4.39 Å². The molecule has 23 heavy (non-hydrogen) atoms. The zero-order valence-electron chi connectivity index (χ0n) is 12.6. The van der Waals surface area contributed by atoms with Gasteiger partial charge in [0.2, 0.25) is 0 Å². The Kier molecular flexibility index (Phi) is 4.83. The zero-order chi connectivity index (χ0) is 16.4. The van der Waals surface area contributed by atoms with Crippen LogP contribution >= 0.6 is 23.4 Å². The van der Waals surface area contributed by atoms with E-state index in [2.05, 4.69) is 0 Å². The van der Waals surface area contributed by atoms with Crippen molar-refractivity contribution >= 4 is 23.4 Å². The summed E-state index contributed by atoms with van der Waals surface area (Å²) in [4.78, 5) is 0. The number of methoxy groups -OCH3 is 1. The molecule has 5 heteroatoms. The SMILES string of the molecule is COc1ccc(CC2SC=C(N)C2c2cc(F)ccc2Cl)cc1. The third-order valence-corrected chi connectivity index (χ3v) is 5.54. The van der Waals surface area contributed by atoms with E-state index in [0.717, 1.165) is 23.4 Å². The second-order valence-electron chi connectivity index (χ2n) is 5.49. The molecule has 120 valence electrons. The molecule has 2 aromatic carbocycles. The van der Waals surface area contributed by atoms with Crippen LogP contribution in [0.25, 0.3) is 0 Å². The predicted molar refractivity (Wildman–Crippen MR) is 94.5 cm³/mol. The van der Waals surface area contributed by atoms with Crippen LogP contribution in [-0.4, -0.2) is 12.4 Å². The van der Waals surface area contributed by atoms with Gasteiger partial charge in [0.15, 0.2) is 0 Å². The van der Waals surface area contributed by atoms with E-state index in [4.69, 9.17) is 22.1 Å². The molecular weight excluding hydrogens is 333 g/mol. The molecule has 2 atom stereocenters. The molecule has 1 aliphatic heterocycles. The van der Waals surface area contributed by atoms with Crippen molar-refractivity contribution in [2.75, 3.05) is 7.11 Å². The molecule has 0 saturated heterocycles. The van der Waals surface area contributed by atoms with Gasteiger partial charge >= 0.3 is 0 Å². The summed E-state index contributed by atoms with van der Waals surface area (Å²) in [7, 11) is 1.65. The lowest BCUT2D eigenvalue weighted by atomic mass is 9.89. The van der Waals surface area contributed by atoms with E-state index in [9.17, 15) is 4.39 Å². The number of ether oxygens (including phenoxy) is 1. The molecule has 0 fully saturated rings. The summed E-state index contributed by atoms with van der Waals surface area (Å²) >= 11 is 7.95. The van der Waals surface area contributed by atoms with Gasteiger partial charge in [-0.3, -0.25) is 0 Å². The first-order valence-electron chi connectivity index (χ1n) is 7.27. The van der Waals surface area contributed by atoms with E-state index in [1.54, 1.807) is 24.9 Å². The van der Waals surface area contributed by atoms with Gasteiger partial charge in [-0.05, 0) is 53.3 Å².